The zero-order chi connectivity index (χ0) is 13.1. The minimum Gasteiger partial charge on any atom is -0.375 e. The van der Waals surface area contributed by atoms with Gasteiger partial charge in [0.25, 0.3) is 0 Å². The number of hydrogen-bond donors (Lipinski definition) is 1. The van der Waals surface area contributed by atoms with Gasteiger partial charge in [-0.3, -0.25) is 0 Å². The molecule has 1 aliphatic heterocycles. The third-order valence-electron chi connectivity index (χ3n) is 4.57. The third-order valence-corrected chi connectivity index (χ3v) is 4.57. The zero-order valence-corrected chi connectivity index (χ0v) is 12.6. The Balaban J connectivity index is 1.76. The smallest absolute Gasteiger partial charge is 0.0697 e. The number of hydrogen-bond acceptors (Lipinski definition) is 2. The van der Waals surface area contributed by atoms with E-state index in [1.54, 1.807) is 0 Å². The summed E-state index contributed by atoms with van der Waals surface area (Å²) in [5, 5.41) is 3.77. The number of rotatable bonds is 3. The van der Waals surface area contributed by atoms with Crippen LogP contribution in [0, 0.1) is 5.41 Å². The van der Waals surface area contributed by atoms with Crippen molar-refractivity contribution in [1.29, 1.82) is 0 Å². The Kier molecular flexibility index (Phi) is 4.71. The van der Waals surface area contributed by atoms with Gasteiger partial charge in [-0.2, -0.15) is 0 Å². The van der Waals surface area contributed by atoms with Gasteiger partial charge in [-0.05, 0) is 44.1 Å². The summed E-state index contributed by atoms with van der Waals surface area (Å²) in [5.41, 5.74) is 0.691. The predicted molar refractivity (Wildman–Crippen MR) is 76.9 cm³/mol. The molecule has 1 heterocycles. The first kappa shape index (κ1) is 14.3. The van der Waals surface area contributed by atoms with Crippen molar-refractivity contribution >= 4 is 0 Å². The molecule has 0 aromatic heterocycles. The van der Waals surface area contributed by atoms with E-state index in [4.69, 9.17) is 4.74 Å². The molecule has 0 aromatic rings. The SMILES string of the molecule is CC(C)(C)CCNC1CCOC2(CCCCC2)C1. The Hall–Kier alpha value is -0.0800. The van der Waals surface area contributed by atoms with Crippen LogP contribution in [0.25, 0.3) is 0 Å². The third kappa shape index (κ3) is 4.24. The second-order valence-corrected chi connectivity index (χ2v) is 7.55. The summed E-state index contributed by atoms with van der Waals surface area (Å²) in [6.45, 7) is 9.08. The second kappa shape index (κ2) is 5.92. The van der Waals surface area contributed by atoms with Crippen molar-refractivity contribution in [1.82, 2.24) is 5.32 Å². The molecule has 0 amide bonds. The van der Waals surface area contributed by atoms with Crippen molar-refractivity contribution in [2.75, 3.05) is 13.2 Å². The molecule has 18 heavy (non-hydrogen) atoms. The molecule has 2 fully saturated rings. The van der Waals surface area contributed by atoms with Crippen LogP contribution in [-0.4, -0.2) is 24.8 Å². The molecule has 0 bridgehead atoms. The lowest BCUT2D eigenvalue weighted by Crippen LogP contribution is -2.48. The van der Waals surface area contributed by atoms with Gasteiger partial charge < -0.3 is 10.1 Å². The van der Waals surface area contributed by atoms with Gasteiger partial charge in [0, 0.05) is 12.6 Å². The summed E-state index contributed by atoms with van der Waals surface area (Å²) < 4.78 is 6.14. The molecule has 106 valence electrons. The van der Waals surface area contributed by atoms with E-state index in [0.29, 0.717) is 11.5 Å². The highest BCUT2D eigenvalue weighted by Gasteiger charge is 2.38. The van der Waals surface area contributed by atoms with Crippen LogP contribution in [0.5, 0.6) is 0 Å². The first-order valence-corrected chi connectivity index (χ1v) is 7.87. The molecule has 1 spiro atoms. The fourth-order valence-electron chi connectivity index (χ4n) is 3.40. The molecule has 2 aliphatic rings. The highest BCUT2D eigenvalue weighted by molar-refractivity contribution is 4.92. The fourth-order valence-corrected chi connectivity index (χ4v) is 3.40. The summed E-state index contributed by atoms with van der Waals surface area (Å²) in [6, 6.07) is 0.694. The Bertz CT molecular complexity index is 245. The number of nitrogens with one attached hydrogen (secondary N) is 1. The molecule has 2 heteroatoms. The zero-order valence-electron chi connectivity index (χ0n) is 12.6. The summed E-state index contributed by atoms with van der Waals surface area (Å²) in [7, 11) is 0. The average molecular weight is 253 g/mol. The van der Waals surface area contributed by atoms with Gasteiger partial charge in [0.15, 0.2) is 0 Å². The quantitative estimate of drug-likeness (QED) is 0.824. The van der Waals surface area contributed by atoms with Crippen molar-refractivity contribution in [2.45, 2.75) is 83.8 Å². The van der Waals surface area contributed by atoms with E-state index in [2.05, 4.69) is 26.1 Å². The van der Waals surface area contributed by atoms with Gasteiger partial charge in [0.2, 0.25) is 0 Å². The van der Waals surface area contributed by atoms with Crippen LogP contribution in [0.4, 0.5) is 0 Å². The molecular weight excluding hydrogens is 222 g/mol. The second-order valence-electron chi connectivity index (χ2n) is 7.55. The Morgan fingerprint density at radius 3 is 2.56 bits per heavy atom. The van der Waals surface area contributed by atoms with Crippen molar-refractivity contribution in [3.05, 3.63) is 0 Å². The van der Waals surface area contributed by atoms with Gasteiger partial charge in [0.05, 0.1) is 5.60 Å². The molecule has 1 atom stereocenters. The Labute approximate surface area is 113 Å². The molecule has 1 unspecified atom stereocenters. The van der Waals surface area contributed by atoms with E-state index < -0.39 is 0 Å². The van der Waals surface area contributed by atoms with Gasteiger partial charge in [-0.1, -0.05) is 40.0 Å². The first-order chi connectivity index (χ1) is 8.49. The minimum atomic E-state index is 0.246. The molecule has 0 aromatic carbocycles. The molecule has 1 N–H and O–H groups in total. The lowest BCUT2D eigenvalue weighted by Gasteiger charge is -2.44. The first-order valence-electron chi connectivity index (χ1n) is 7.87. The predicted octanol–water partition coefficient (Wildman–Crippen LogP) is 3.89. The Morgan fingerprint density at radius 1 is 1.17 bits per heavy atom. The van der Waals surface area contributed by atoms with Crippen molar-refractivity contribution < 1.29 is 4.74 Å². The fraction of sp³-hybridized carbons (Fsp3) is 1.00. The molecule has 1 saturated carbocycles. The van der Waals surface area contributed by atoms with Crippen molar-refractivity contribution in [3.63, 3.8) is 0 Å². The van der Waals surface area contributed by atoms with E-state index in [0.717, 1.165) is 13.2 Å². The standard InChI is InChI=1S/C16H31NO/c1-15(2,3)10-11-17-14-7-12-18-16(13-14)8-5-4-6-9-16/h14,17H,4-13H2,1-3H3. The van der Waals surface area contributed by atoms with Crippen LogP contribution in [0.1, 0.15) is 72.1 Å². The highest BCUT2D eigenvalue weighted by atomic mass is 16.5. The van der Waals surface area contributed by atoms with E-state index in [9.17, 15) is 0 Å². The van der Waals surface area contributed by atoms with Gasteiger partial charge in [0.1, 0.15) is 0 Å². The topological polar surface area (TPSA) is 21.3 Å². The van der Waals surface area contributed by atoms with E-state index >= 15 is 0 Å². The highest BCUT2D eigenvalue weighted by Crippen LogP contribution is 2.38. The van der Waals surface area contributed by atoms with Crippen LogP contribution in [0.15, 0.2) is 0 Å². The van der Waals surface area contributed by atoms with E-state index in [-0.39, 0.29) is 5.60 Å². The maximum atomic E-state index is 6.14. The lowest BCUT2D eigenvalue weighted by atomic mass is 9.78. The van der Waals surface area contributed by atoms with Crippen LogP contribution >= 0.6 is 0 Å². The molecule has 0 radical (unpaired) electrons. The monoisotopic (exact) mass is 253 g/mol. The van der Waals surface area contributed by atoms with Crippen LogP contribution in [0.3, 0.4) is 0 Å². The van der Waals surface area contributed by atoms with E-state index in [1.165, 1.54) is 51.4 Å². The number of ether oxygens (including phenoxy) is 1. The maximum Gasteiger partial charge on any atom is 0.0697 e. The normalized spacial score (nSPS) is 28.5. The van der Waals surface area contributed by atoms with Gasteiger partial charge >= 0.3 is 0 Å². The summed E-state index contributed by atoms with van der Waals surface area (Å²) in [6.07, 6.45) is 10.5. The van der Waals surface area contributed by atoms with E-state index in [1.807, 2.05) is 0 Å². The molecular formula is C16H31NO. The maximum absolute atomic E-state index is 6.14. The minimum absolute atomic E-state index is 0.246. The van der Waals surface area contributed by atoms with Crippen molar-refractivity contribution in [2.24, 2.45) is 5.41 Å². The molecule has 2 nitrogen and oxygen atoms in total. The van der Waals surface area contributed by atoms with Crippen LogP contribution in [0.2, 0.25) is 0 Å². The average Bonchev–Trinajstić information content (AvgIpc) is 2.28. The largest absolute Gasteiger partial charge is 0.375 e. The molecule has 1 aliphatic carbocycles. The molecule has 2 rings (SSSR count). The lowest BCUT2D eigenvalue weighted by molar-refractivity contribution is -0.109. The summed E-state index contributed by atoms with van der Waals surface area (Å²) in [5.74, 6) is 0. The summed E-state index contributed by atoms with van der Waals surface area (Å²) in [4.78, 5) is 0. The molecule has 1 saturated heterocycles. The van der Waals surface area contributed by atoms with Gasteiger partial charge in [-0.25, -0.2) is 0 Å². The van der Waals surface area contributed by atoms with Crippen LogP contribution in [-0.2, 0) is 4.74 Å². The van der Waals surface area contributed by atoms with Gasteiger partial charge in [-0.15, -0.1) is 0 Å². The van der Waals surface area contributed by atoms with Crippen LogP contribution < -0.4 is 5.32 Å². The van der Waals surface area contributed by atoms with Crippen molar-refractivity contribution in [3.8, 4) is 0 Å². The Morgan fingerprint density at radius 2 is 1.89 bits per heavy atom. The summed E-state index contributed by atoms with van der Waals surface area (Å²) >= 11 is 0.